The quantitative estimate of drug-likeness (QED) is 0.603. The normalized spacial score (nSPS) is 27.5. The Kier molecular flexibility index (Phi) is 3.54. The zero-order valence-electron chi connectivity index (χ0n) is 7.62. The molecule has 13 heavy (non-hydrogen) atoms. The fourth-order valence-corrected chi connectivity index (χ4v) is 1.25. The molecule has 2 N–H and O–H groups in total. The minimum Gasteiger partial charge on any atom is -0.450 e. The van der Waals surface area contributed by atoms with Gasteiger partial charge in [0.05, 0.1) is 5.84 Å². The highest BCUT2D eigenvalue weighted by molar-refractivity contribution is 5.79. The van der Waals surface area contributed by atoms with Crippen molar-refractivity contribution >= 4 is 12.0 Å². The van der Waals surface area contributed by atoms with Gasteiger partial charge in [-0.25, -0.2) is 4.79 Å². The number of carboxylic acid groups (broad SMARTS) is 1. The molecule has 5 nitrogen and oxygen atoms in total. The van der Waals surface area contributed by atoms with Crippen LogP contribution in [0.15, 0.2) is 4.99 Å². The van der Waals surface area contributed by atoms with Crippen molar-refractivity contribution in [2.75, 3.05) is 6.54 Å². The van der Waals surface area contributed by atoms with Crippen molar-refractivity contribution in [3.63, 3.8) is 0 Å². The average molecular weight is 186 g/mol. The molecular formula is C8H14N2O3. The minimum absolute atomic E-state index is 0.443. The van der Waals surface area contributed by atoms with Gasteiger partial charge >= 0.3 is 6.16 Å². The van der Waals surface area contributed by atoms with E-state index in [1.54, 1.807) is 0 Å². The van der Waals surface area contributed by atoms with E-state index in [-0.39, 0.29) is 0 Å². The lowest BCUT2D eigenvalue weighted by Crippen LogP contribution is -2.37. The number of ether oxygens (including phenoxy) is 1. The molecule has 1 aliphatic rings. The summed E-state index contributed by atoms with van der Waals surface area (Å²) in [4.78, 5) is 14.4. The van der Waals surface area contributed by atoms with Crippen LogP contribution < -0.4 is 5.32 Å². The van der Waals surface area contributed by atoms with Crippen molar-refractivity contribution in [3.8, 4) is 0 Å². The first-order chi connectivity index (χ1) is 6.18. The maximum Gasteiger partial charge on any atom is 0.507 e. The van der Waals surface area contributed by atoms with Gasteiger partial charge in [-0.2, -0.15) is 0 Å². The number of hydrogen-bond acceptors (Lipinski definition) is 4. The van der Waals surface area contributed by atoms with Crippen LogP contribution in [0.1, 0.15) is 26.2 Å². The van der Waals surface area contributed by atoms with Crippen LogP contribution in [0.2, 0.25) is 0 Å². The highest BCUT2D eigenvalue weighted by atomic mass is 16.7. The Morgan fingerprint density at radius 1 is 1.69 bits per heavy atom. The predicted molar refractivity (Wildman–Crippen MR) is 47.9 cm³/mol. The second-order valence-electron chi connectivity index (χ2n) is 2.98. The number of nitrogens with zero attached hydrogens (tertiary/aromatic N) is 1. The van der Waals surface area contributed by atoms with E-state index in [1.807, 2.05) is 6.92 Å². The summed E-state index contributed by atoms with van der Waals surface area (Å²) in [7, 11) is 0. The summed E-state index contributed by atoms with van der Waals surface area (Å²) in [6.07, 6.45) is 0.937. The molecule has 0 aliphatic carbocycles. The van der Waals surface area contributed by atoms with Gasteiger partial charge in [0.1, 0.15) is 0 Å². The molecule has 1 unspecified atom stereocenters. The highest BCUT2D eigenvalue weighted by Gasteiger charge is 2.14. The Hall–Kier alpha value is -1.26. The molecule has 74 valence electrons. The van der Waals surface area contributed by atoms with Gasteiger partial charge in [-0.05, 0) is 19.8 Å². The van der Waals surface area contributed by atoms with E-state index >= 15 is 0 Å². The lowest BCUT2D eigenvalue weighted by atomic mass is 10.2. The summed E-state index contributed by atoms with van der Waals surface area (Å²) < 4.78 is 4.62. The number of amidine groups is 1. The molecule has 1 aliphatic heterocycles. The maximum atomic E-state index is 10.3. The van der Waals surface area contributed by atoms with E-state index in [2.05, 4.69) is 15.0 Å². The van der Waals surface area contributed by atoms with E-state index in [0.29, 0.717) is 6.42 Å². The first-order valence-electron chi connectivity index (χ1n) is 4.35. The van der Waals surface area contributed by atoms with E-state index < -0.39 is 12.4 Å². The van der Waals surface area contributed by atoms with Gasteiger partial charge < -0.3 is 15.2 Å². The van der Waals surface area contributed by atoms with Crippen molar-refractivity contribution in [1.29, 1.82) is 0 Å². The molecule has 5 heteroatoms. The van der Waals surface area contributed by atoms with Crippen molar-refractivity contribution in [2.45, 2.75) is 32.4 Å². The number of rotatable bonds is 1. The standard InChI is InChI=1S/C8H14N2O3/c1-6-9-5-3-2-4-7(10-6)13-8(11)12/h7H,2-5H2,1H3,(H,9,10)(H,11,12). The van der Waals surface area contributed by atoms with E-state index in [9.17, 15) is 4.79 Å². The molecule has 0 fully saturated rings. The molecule has 1 rings (SSSR count). The van der Waals surface area contributed by atoms with E-state index in [0.717, 1.165) is 25.2 Å². The lowest BCUT2D eigenvalue weighted by Gasteiger charge is -2.20. The first-order valence-corrected chi connectivity index (χ1v) is 4.35. The summed E-state index contributed by atoms with van der Waals surface area (Å²) in [6.45, 7) is 2.61. The molecular weight excluding hydrogens is 172 g/mol. The Labute approximate surface area is 76.8 Å². The third-order valence-electron chi connectivity index (χ3n) is 1.84. The lowest BCUT2D eigenvalue weighted by molar-refractivity contribution is 0.0403. The van der Waals surface area contributed by atoms with Gasteiger partial charge in [-0.3, -0.25) is 4.99 Å². The summed E-state index contributed by atoms with van der Waals surface area (Å²) in [6, 6.07) is 0. The monoisotopic (exact) mass is 186 g/mol. The fourth-order valence-electron chi connectivity index (χ4n) is 1.25. The molecule has 1 heterocycles. The zero-order chi connectivity index (χ0) is 9.68. The smallest absolute Gasteiger partial charge is 0.450 e. The van der Waals surface area contributed by atoms with Gasteiger partial charge in [0.25, 0.3) is 0 Å². The van der Waals surface area contributed by atoms with Crippen LogP contribution in [0.5, 0.6) is 0 Å². The molecule has 0 aromatic rings. The number of nitrogens with one attached hydrogen (secondary N) is 1. The number of hydrogen-bond donors (Lipinski definition) is 2. The fraction of sp³-hybridized carbons (Fsp3) is 0.750. The van der Waals surface area contributed by atoms with Crippen LogP contribution in [0.4, 0.5) is 4.79 Å². The van der Waals surface area contributed by atoms with Crippen molar-refractivity contribution in [3.05, 3.63) is 0 Å². The highest BCUT2D eigenvalue weighted by Crippen LogP contribution is 2.06. The third kappa shape index (κ3) is 3.78. The molecule has 0 saturated carbocycles. The SMILES string of the molecule is C/C1=N/CCCCC(OC(=O)O)N1. The third-order valence-corrected chi connectivity index (χ3v) is 1.84. The Morgan fingerprint density at radius 3 is 3.15 bits per heavy atom. The van der Waals surface area contributed by atoms with Crippen molar-refractivity contribution in [2.24, 2.45) is 4.99 Å². The maximum absolute atomic E-state index is 10.3. The molecule has 0 aromatic carbocycles. The van der Waals surface area contributed by atoms with E-state index in [4.69, 9.17) is 5.11 Å². The van der Waals surface area contributed by atoms with Crippen molar-refractivity contribution < 1.29 is 14.6 Å². The van der Waals surface area contributed by atoms with Crippen molar-refractivity contribution in [1.82, 2.24) is 5.32 Å². The topological polar surface area (TPSA) is 70.9 Å². The predicted octanol–water partition coefficient (Wildman–Crippen LogP) is 1.20. The Morgan fingerprint density at radius 2 is 2.46 bits per heavy atom. The summed E-state index contributed by atoms with van der Waals surface area (Å²) >= 11 is 0. The molecule has 0 bridgehead atoms. The first kappa shape index (κ1) is 9.83. The van der Waals surface area contributed by atoms with E-state index in [1.165, 1.54) is 0 Å². The van der Waals surface area contributed by atoms with Crippen LogP contribution in [-0.2, 0) is 4.74 Å². The van der Waals surface area contributed by atoms with Gasteiger partial charge in [0.2, 0.25) is 0 Å². The number of carbonyl (C=O) groups is 1. The molecule has 0 amide bonds. The number of aliphatic imine (C=N–C) groups is 1. The average Bonchev–Trinajstić information content (AvgIpc) is 1.98. The molecule has 0 saturated heterocycles. The second-order valence-corrected chi connectivity index (χ2v) is 2.98. The zero-order valence-corrected chi connectivity index (χ0v) is 7.62. The molecule has 0 aromatic heterocycles. The summed E-state index contributed by atoms with van der Waals surface area (Å²) in [5.41, 5.74) is 0. The van der Waals surface area contributed by atoms with Gasteiger partial charge in [-0.1, -0.05) is 0 Å². The Bertz CT molecular complexity index is 215. The Balaban J connectivity index is 2.47. The molecule has 1 atom stereocenters. The van der Waals surface area contributed by atoms with Gasteiger partial charge in [0.15, 0.2) is 6.23 Å². The minimum atomic E-state index is -1.24. The molecule has 0 radical (unpaired) electrons. The van der Waals surface area contributed by atoms with Gasteiger partial charge in [-0.15, -0.1) is 0 Å². The van der Waals surface area contributed by atoms with Crippen LogP contribution in [0.3, 0.4) is 0 Å². The van der Waals surface area contributed by atoms with Crippen LogP contribution in [-0.4, -0.2) is 29.9 Å². The van der Waals surface area contributed by atoms with Crippen LogP contribution in [0.25, 0.3) is 0 Å². The second kappa shape index (κ2) is 4.69. The van der Waals surface area contributed by atoms with Gasteiger partial charge in [0, 0.05) is 13.0 Å². The summed E-state index contributed by atoms with van der Waals surface area (Å²) in [5, 5.41) is 11.3. The largest absolute Gasteiger partial charge is 0.507 e. The van der Waals surface area contributed by atoms with Crippen LogP contribution in [0, 0.1) is 0 Å². The summed E-state index contributed by atoms with van der Waals surface area (Å²) in [5.74, 6) is 0.742. The van der Waals surface area contributed by atoms with Crippen LogP contribution >= 0.6 is 0 Å². The molecule has 0 spiro atoms.